The number of halogens is 7. The molecular formula is C17H12ClF6N5O2. The molecule has 1 aliphatic rings. The molecule has 7 nitrogen and oxygen atoms in total. The number of ether oxygens (including phenoxy) is 1. The van der Waals surface area contributed by atoms with E-state index in [0.717, 1.165) is 6.07 Å². The first-order valence-electron chi connectivity index (χ1n) is 8.20. The highest BCUT2D eigenvalue weighted by atomic mass is 35.5. The number of esters is 1. The number of hydrogen-bond acceptors (Lipinski definition) is 7. The van der Waals surface area contributed by atoms with Crippen molar-refractivity contribution in [2.24, 2.45) is 16.5 Å². The topological polar surface area (TPSA) is 106 Å². The van der Waals surface area contributed by atoms with E-state index in [1.165, 1.54) is 24.3 Å². The lowest BCUT2D eigenvalue weighted by Crippen LogP contribution is -2.60. The molecular weight excluding hydrogens is 456 g/mol. The van der Waals surface area contributed by atoms with Gasteiger partial charge in [0, 0.05) is 5.56 Å². The number of alkyl halides is 6. The van der Waals surface area contributed by atoms with Crippen LogP contribution in [0.2, 0.25) is 5.02 Å². The van der Waals surface area contributed by atoms with E-state index in [0.29, 0.717) is 11.1 Å². The molecule has 0 saturated heterocycles. The molecule has 0 spiro atoms. The number of nitrogens with two attached hydrogens (primary N) is 2. The normalized spacial score (nSPS) is 19.1. The fourth-order valence-corrected chi connectivity index (χ4v) is 3.12. The van der Waals surface area contributed by atoms with Crippen molar-refractivity contribution < 1.29 is 35.9 Å². The molecule has 0 bridgehead atoms. The van der Waals surface area contributed by atoms with Crippen LogP contribution in [0, 0.1) is 0 Å². The number of hydrogen-bond donors (Lipinski definition) is 3. The van der Waals surface area contributed by atoms with Gasteiger partial charge in [0.1, 0.15) is 0 Å². The van der Waals surface area contributed by atoms with Gasteiger partial charge in [-0.1, -0.05) is 41.9 Å². The Hall–Kier alpha value is -3.19. The third kappa shape index (κ3) is 4.46. The number of rotatable bonds is 3. The molecule has 1 heterocycles. The van der Waals surface area contributed by atoms with Gasteiger partial charge in [0.05, 0.1) is 16.3 Å². The van der Waals surface area contributed by atoms with Gasteiger partial charge >= 0.3 is 24.3 Å². The summed E-state index contributed by atoms with van der Waals surface area (Å²) in [6.45, 7) is 0. The fourth-order valence-electron chi connectivity index (χ4n) is 2.80. The monoisotopic (exact) mass is 467 g/mol. The Labute approximate surface area is 175 Å². The molecule has 2 aromatic carbocycles. The number of benzene rings is 2. The largest absolute Gasteiger partial charge is 0.491 e. The van der Waals surface area contributed by atoms with Gasteiger partial charge in [-0.15, -0.1) is 0 Å². The maximum absolute atomic E-state index is 13.8. The highest BCUT2D eigenvalue weighted by Gasteiger charge is 2.51. The number of nitrogens with one attached hydrogen (secondary N) is 1. The Balaban J connectivity index is 2.12. The smallest absolute Gasteiger partial charge is 0.396 e. The van der Waals surface area contributed by atoms with Crippen molar-refractivity contribution in [3.05, 3.63) is 53.1 Å². The molecule has 1 atom stereocenters. The zero-order valence-corrected chi connectivity index (χ0v) is 15.8. The van der Waals surface area contributed by atoms with E-state index in [2.05, 4.69) is 15.2 Å². The van der Waals surface area contributed by atoms with Crippen molar-refractivity contribution in [2.75, 3.05) is 5.01 Å². The lowest BCUT2D eigenvalue weighted by molar-refractivity contribution is -0.213. The first-order valence-corrected chi connectivity index (χ1v) is 8.57. The molecule has 0 aromatic heterocycles. The van der Waals surface area contributed by atoms with Crippen molar-refractivity contribution in [2.45, 2.75) is 18.3 Å². The minimum atomic E-state index is -5.45. The van der Waals surface area contributed by atoms with Gasteiger partial charge in [-0.2, -0.15) is 31.3 Å². The molecule has 31 heavy (non-hydrogen) atoms. The number of guanidine groups is 1. The molecule has 14 heteroatoms. The third-order valence-corrected chi connectivity index (χ3v) is 4.30. The van der Waals surface area contributed by atoms with Crippen LogP contribution >= 0.6 is 11.6 Å². The Bertz CT molecular complexity index is 1040. The van der Waals surface area contributed by atoms with Gasteiger partial charge in [0.25, 0.3) is 0 Å². The minimum absolute atomic E-state index is 0.138. The molecule has 5 N–H and O–H groups in total. The van der Waals surface area contributed by atoms with Crippen molar-refractivity contribution in [1.82, 2.24) is 5.43 Å². The molecule has 3 rings (SSSR count). The lowest BCUT2D eigenvalue weighted by Gasteiger charge is -2.33. The molecule has 0 aliphatic carbocycles. The maximum Gasteiger partial charge on any atom is 0.491 e. The first-order chi connectivity index (χ1) is 14.2. The number of anilines is 1. The van der Waals surface area contributed by atoms with Crippen LogP contribution in [0.3, 0.4) is 0 Å². The molecule has 0 amide bonds. The van der Waals surface area contributed by atoms with Crippen LogP contribution < -0.4 is 21.9 Å². The van der Waals surface area contributed by atoms with Crippen LogP contribution in [0.4, 0.5) is 32.0 Å². The van der Waals surface area contributed by atoms with Crippen molar-refractivity contribution >= 4 is 29.2 Å². The van der Waals surface area contributed by atoms with E-state index in [1.54, 1.807) is 6.07 Å². The van der Waals surface area contributed by atoms with Crippen LogP contribution in [-0.4, -0.2) is 24.1 Å². The van der Waals surface area contributed by atoms with E-state index < -0.39 is 46.5 Å². The van der Waals surface area contributed by atoms with Gasteiger partial charge in [-0.3, -0.25) is 11.2 Å². The average Bonchev–Trinajstić information content (AvgIpc) is 2.94. The average molecular weight is 468 g/mol. The lowest BCUT2D eigenvalue weighted by atomic mass is 9.98. The van der Waals surface area contributed by atoms with Gasteiger partial charge in [0.15, 0.2) is 0 Å². The molecule has 0 radical (unpaired) electrons. The van der Waals surface area contributed by atoms with Crippen molar-refractivity contribution in [1.29, 1.82) is 0 Å². The summed E-state index contributed by atoms with van der Waals surface area (Å²) >= 11 is 6.11. The summed E-state index contributed by atoms with van der Waals surface area (Å²) in [5.41, 5.74) is 11.2. The maximum atomic E-state index is 13.8. The van der Waals surface area contributed by atoms with E-state index in [-0.39, 0.29) is 11.1 Å². The van der Waals surface area contributed by atoms with Crippen LogP contribution in [0.15, 0.2) is 47.5 Å². The Morgan fingerprint density at radius 1 is 1.13 bits per heavy atom. The predicted molar refractivity (Wildman–Crippen MR) is 98.2 cm³/mol. The van der Waals surface area contributed by atoms with Crippen LogP contribution in [0.1, 0.15) is 5.56 Å². The van der Waals surface area contributed by atoms with E-state index >= 15 is 0 Å². The van der Waals surface area contributed by atoms with Crippen molar-refractivity contribution in [3.8, 4) is 11.1 Å². The predicted octanol–water partition coefficient (Wildman–Crippen LogP) is 3.34. The minimum Gasteiger partial charge on any atom is -0.396 e. The van der Waals surface area contributed by atoms with Crippen molar-refractivity contribution in [3.63, 3.8) is 0 Å². The van der Waals surface area contributed by atoms with E-state index in [9.17, 15) is 31.1 Å². The number of aliphatic imine (C=N–C) groups is 1. The Kier molecular flexibility index (Phi) is 5.44. The van der Waals surface area contributed by atoms with Crippen LogP contribution in [0.25, 0.3) is 11.1 Å². The van der Waals surface area contributed by atoms with Gasteiger partial charge < -0.3 is 10.5 Å². The fraction of sp³-hybridized carbons (Fsp3) is 0.176. The highest BCUT2D eigenvalue weighted by Crippen LogP contribution is 2.44. The Morgan fingerprint density at radius 3 is 2.29 bits per heavy atom. The summed E-state index contributed by atoms with van der Waals surface area (Å²) in [6, 6.07) is 8.90. The number of nitrogens with zero attached hydrogens (tertiary/aromatic N) is 2. The number of hydrazine groups is 1. The summed E-state index contributed by atoms with van der Waals surface area (Å²) in [7, 11) is 0. The number of carbonyl (C=O) groups is 1. The molecule has 1 aliphatic heterocycles. The van der Waals surface area contributed by atoms with Gasteiger partial charge in [-0.05, 0) is 17.7 Å². The van der Waals surface area contributed by atoms with Gasteiger partial charge in [0.2, 0.25) is 5.96 Å². The molecule has 2 aromatic rings. The second kappa shape index (κ2) is 7.50. The SMILES string of the molecule is NC1=NC(N)(OC(=O)C(F)(F)F)N(c2cc(Cl)c(-c3ccccc3)c(C(F)(F)F)c2)N1. The second-order valence-electron chi connectivity index (χ2n) is 6.20. The molecule has 0 fully saturated rings. The summed E-state index contributed by atoms with van der Waals surface area (Å²) in [4.78, 5) is 14.6. The standard InChI is InChI=1S/C17H12ClF6N5O2/c18-11-7-9(6-10(15(19,20)21)12(11)8-4-2-1-3-5-8)29-17(26,27-14(25)28-29)31-13(30)16(22,23)24/h1-7H,26H2,(H3,25,27,28). The highest BCUT2D eigenvalue weighted by molar-refractivity contribution is 6.34. The molecule has 0 saturated carbocycles. The summed E-state index contributed by atoms with van der Waals surface area (Å²) in [5, 5.41) is 0.00907. The summed E-state index contributed by atoms with van der Waals surface area (Å²) in [6.07, 6.45) is -10.4. The second-order valence-corrected chi connectivity index (χ2v) is 6.61. The third-order valence-electron chi connectivity index (χ3n) is 4.00. The molecule has 166 valence electrons. The van der Waals surface area contributed by atoms with Crippen LogP contribution in [-0.2, 0) is 15.7 Å². The Morgan fingerprint density at radius 2 is 1.74 bits per heavy atom. The van der Waals surface area contributed by atoms with Crippen LogP contribution in [0.5, 0.6) is 0 Å². The molecule has 1 unspecified atom stereocenters. The summed E-state index contributed by atoms with van der Waals surface area (Å²) in [5.74, 6) is -6.28. The van der Waals surface area contributed by atoms with Gasteiger partial charge in [-0.25, -0.2) is 9.80 Å². The summed E-state index contributed by atoms with van der Waals surface area (Å²) < 4.78 is 83.4. The zero-order chi connectivity index (χ0) is 23.2. The van der Waals surface area contributed by atoms with E-state index in [4.69, 9.17) is 23.1 Å². The zero-order valence-electron chi connectivity index (χ0n) is 15.1. The quantitative estimate of drug-likeness (QED) is 0.363. The first kappa shape index (κ1) is 22.5. The number of carbonyl (C=O) groups excluding carboxylic acids is 1. The van der Waals surface area contributed by atoms with E-state index in [1.807, 2.05) is 0 Å².